The summed E-state index contributed by atoms with van der Waals surface area (Å²) in [6.07, 6.45) is 6.84. The van der Waals surface area contributed by atoms with E-state index in [9.17, 15) is 0 Å². The number of anilines is 1. The summed E-state index contributed by atoms with van der Waals surface area (Å²) in [6.45, 7) is 7.73. The fraction of sp³-hybridized carbons (Fsp3) is 0.556. The molecule has 0 unspecified atom stereocenters. The Morgan fingerprint density at radius 2 is 1.71 bits per heavy atom. The molecule has 3 nitrogen and oxygen atoms in total. The second kappa shape index (κ2) is 10.3. The van der Waals surface area contributed by atoms with E-state index in [-0.39, 0.29) is 5.54 Å². The zero-order valence-corrected chi connectivity index (χ0v) is 20.9. The number of benzene rings is 2. The molecule has 0 spiro atoms. The Labute approximate surface area is 194 Å². The molecule has 2 aromatic rings. The summed E-state index contributed by atoms with van der Waals surface area (Å²) >= 11 is 6.22. The number of methoxy groups -OCH3 is 1. The van der Waals surface area contributed by atoms with Gasteiger partial charge in [-0.2, -0.15) is 0 Å². The molecule has 1 aliphatic carbocycles. The molecule has 170 valence electrons. The Morgan fingerprint density at radius 1 is 1.00 bits per heavy atom. The van der Waals surface area contributed by atoms with Crippen LogP contribution in [-0.2, 0) is 18.4 Å². The second-order valence-electron chi connectivity index (χ2n) is 8.96. The van der Waals surface area contributed by atoms with Crippen molar-refractivity contribution in [3.8, 4) is 5.75 Å². The lowest BCUT2D eigenvalue weighted by Gasteiger charge is -2.49. The van der Waals surface area contributed by atoms with E-state index < -0.39 is 0 Å². The quantitative estimate of drug-likeness (QED) is 0.452. The highest BCUT2D eigenvalue weighted by molar-refractivity contribution is 6.30. The molecule has 2 aromatic carbocycles. The van der Waals surface area contributed by atoms with Crippen molar-refractivity contribution >= 4 is 17.3 Å². The molecule has 31 heavy (non-hydrogen) atoms. The highest BCUT2D eigenvalue weighted by Gasteiger charge is 2.41. The molecule has 0 N–H and O–H groups in total. The SMILES string of the molecule is CCc1ccc(C2(N(C)C)CCC(N(CC)c3ccc(Cl)cc3OC)CC2)c(CC)c1. The van der Waals surface area contributed by atoms with Crippen LogP contribution in [0.3, 0.4) is 0 Å². The van der Waals surface area contributed by atoms with Gasteiger partial charge in [-0.1, -0.05) is 43.6 Å². The number of hydrogen-bond acceptors (Lipinski definition) is 3. The Hall–Kier alpha value is -1.71. The van der Waals surface area contributed by atoms with Crippen LogP contribution in [-0.4, -0.2) is 38.7 Å². The van der Waals surface area contributed by atoms with Gasteiger partial charge in [-0.05, 0) is 88.4 Å². The zero-order valence-electron chi connectivity index (χ0n) is 20.2. The minimum atomic E-state index is 0.109. The van der Waals surface area contributed by atoms with Crippen LogP contribution >= 0.6 is 11.6 Å². The lowest BCUT2D eigenvalue weighted by molar-refractivity contribution is 0.0894. The summed E-state index contributed by atoms with van der Waals surface area (Å²) in [5.41, 5.74) is 5.74. The average Bonchev–Trinajstić information content (AvgIpc) is 2.80. The summed E-state index contributed by atoms with van der Waals surface area (Å²) in [5, 5.41) is 0.717. The Kier molecular flexibility index (Phi) is 7.93. The van der Waals surface area contributed by atoms with Crippen LogP contribution in [0.2, 0.25) is 5.02 Å². The molecule has 0 bridgehead atoms. The van der Waals surface area contributed by atoms with Gasteiger partial charge < -0.3 is 9.64 Å². The molecule has 1 aliphatic rings. The first-order chi connectivity index (χ1) is 14.9. The summed E-state index contributed by atoms with van der Waals surface area (Å²) in [7, 11) is 6.24. The first-order valence-corrected chi connectivity index (χ1v) is 12.2. The van der Waals surface area contributed by atoms with Gasteiger partial charge >= 0.3 is 0 Å². The maximum Gasteiger partial charge on any atom is 0.143 e. The van der Waals surface area contributed by atoms with Crippen molar-refractivity contribution in [1.29, 1.82) is 0 Å². The van der Waals surface area contributed by atoms with Crippen LogP contribution in [0.4, 0.5) is 5.69 Å². The van der Waals surface area contributed by atoms with E-state index in [4.69, 9.17) is 16.3 Å². The monoisotopic (exact) mass is 442 g/mol. The lowest BCUT2D eigenvalue weighted by Crippen LogP contribution is -2.49. The topological polar surface area (TPSA) is 15.7 Å². The van der Waals surface area contributed by atoms with E-state index in [1.807, 2.05) is 12.1 Å². The smallest absolute Gasteiger partial charge is 0.143 e. The maximum atomic E-state index is 6.22. The summed E-state index contributed by atoms with van der Waals surface area (Å²) < 4.78 is 5.67. The molecule has 3 rings (SSSR count). The van der Waals surface area contributed by atoms with Crippen molar-refractivity contribution in [2.24, 2.45) is 0 Å². The molecule has 1 saturated carbocycles. The van der Waals surface area contributed by atoms with Gasteiger partial charge in [-0.3, -0.25) is 4.90 Å². The number of halogens is 1. The molecular weight excluding hydrogens is 404 g/mol. The normalized spacial score (nSPS) is 21.4. The molecule has 4 heteroatoms. The lowest BCUT2D eigenvalue weighted by atomic mass is 9.71. The number of aryl methyl sites for hydroxylation is 2. The third kappa shape index (κ3) is 4.73. The van der Waals surface area contributed by atoms with Gasteiger partial charge in [-0.25, -0.2) is 0 Å². The molecule has 0 atom stereocenters. The molecule has 0 saturated heterocycles. The standard InChI is InChI=1S/C27H39ClN2O/c1-7-20-10-12-24(21(8-2)18-20)27(29(4)5)16-14-23(15-17-27)30(9-3)25-13-11-22(28)19-26(25)31-6/h10-13,18-19,23H,7-9,14-17H2,1-6H3. The largest absolute Gasteiger partial charge is 0.495 e. The zero-order chi connectivity index (χ0) is 22.6. The first-order valence-electron chi connectivity index (χ1n) is 11.8. The first kappa shape index (κ1) is 23.9. The Balaban J connectivity index is 1.89. The molecule has 0 heterocycles. The molecular formula is C27H39ClN2O. The van der Waals surface area contributed by atoms with Gasteiger partial charge in [0.2, 0.25) is 0 Å². The highest BCUT2D eigenvalue weighted by atomic mass is 35.5. The average molecular weight is 443 g/mol. The summed E-state index contributed by atoms with van der Waals surface area (Å²) in [4.78, 5) is 4.98. The van der Waals surface area contributed by atoms with E-state index in [1.165, 1.54) is 16.7 Å². The predicted octanol–water partition coefficient (Wildman–Crippen LogP) is 6.70. The van der Waals surface area contributed by atoms with E-state index in [0.717, 1.165) is 61.5 Å². The van der Waals surface area contributed by atoms with Gasteiger partial charge in [0.25, 0.3) is 0 Å². The van der Waals surface area contributed by atoms with E-state index in [1.54, 1.807) is 7.11 Å². The summed E-state index contributed by atoms with van der Waals surface area (Å²) in [5.74, 6) is 0.863. The fourth-order valence-electron chi connectivity index (χ4n) is 5.48. The van der Waals surface area contributed by atoms with Gasteiger partial charge in [0, 0.05) is 29.2 Å². The Bertz CT molecular complexity index is 872. The van der Waals surface area contributed by atoms with Crippen molar-refractivity contribution in [1.82, 2.24) is 4.90 Å². The number of ether oxygens (including phenoxy) is 1. The van der Waals surface area contributed by atoms with E-state index in [2.05, 4.69) is 68.9 Å². The molecule has 0 radical (unpaired) electrons. The van der Waals surface area contributed by atoms with Crippen molar-refractivity contribution in [2.45, 2.75) is 70.9 Å². The van der Waals surface area contributed by atoms with Gasteiger partial charge in [0.05, 0.1) is 12.8 Å². The predicted molar refractivity (Wildman–Crippen MR) is 134 cm³/mol. The molecule has 0 amide bonds. The number of hydrogen-bond donors (Lipinski definition) is 0. The fourth-order valence-corrected chi connectivity index (χ4v) is 5.64. The van der Waals surface area contributed by atoms with Crippen LogP contribution in [0.15, 0.2) is 36.4 Å². The number of nitrogens with zero attached hydrogens (tertiary/aromatic N) is 2. The van der Waals surface area contributed by atoms with Gasteiger partial charge in [-0.15, -0.1) is 0 Å². The van der Waals surface area contributed by atoms with Crippen LogP contribution in [0.5, 0.6) is 5.75 Å². The third-order valence-corrected chi connectivity index (χ3v) is 7.57. The van der Waals surface area contributed by atoms with Crippen LogP contribution < -0.4 is 9.64 Å². The van der Waals surface area contributed by atoms with Gasteiger partial charge in [0.15, 0.2) is 0 Å². The van der Waals surface area contributed by atoms with E-state index >= 15 is 0 Å². The molecule has 0 aromatic heterocycles. The molecule has 0 aliphatic heterocycles. The second-order valence-corrected chi connectivity index (χ2v) is 9.39. The van der Waals surface area contributed by atoms with Crippen LogP contribution in [0, 0.1) is 0 Å². The van der Waals surface area contributed by atoms with Crippen molar-refractivity contribution in [3.63, 3.8) is 0 Å². The minimum Gasteiger partial charge on any atom is -0.495 e. The Morgan fingerprint density at radius 3 is 2.26 bits per heavy atom. The van der Waals surface area contributed by atoms with Crippen LogP contribution in [0.25, 0.3) is 0 Å². The van der Waals surface area contributed by atoms with Crippen molar-refractivity contribution in [2.75, 3.05) is 32.6 Å². The van der Waals surface area contributed by atoms with Gasteiger partial charge in [0.1, 0.15) is 5.75 Å². The maximum absolute atomic E-state index is 6.22. The van der Waals surface area contributed by atoms with E-state index in [0.29, 0.717) is 6.04 Å². The minimum absolute atomic E-state index is 0.109. The van der Waals surface area contributed by atoms with Crippen molar-refractivity contribution in [3.05, 3.63) is 58.1 Å². The number of rotatable bonds is 8. The third-order valence-electron chi connectivity index (χ3n) is 7.33. The highest BCUT2D eigenvalue weighted by Crippen LogP contribution is 2.45. The van der Waals surface area contributed by atoms with Crippen molar-refractivity contribution < 1.29 is 4.74 Å². The molecule has 1 fully saturated rings. The summed E-state index contributed by atoms with van der Waals surface area (Å²) in [6, 6.07) is 13.7. The van der Waals surface area contributed by atoms with Crippen LogP contribution in [0.1, 0.15) is 63.1 Å².